The van der Waals surface area contributed by atoms with E-state index < -0.39 is 36.7 Å². The molecule has 0 atom stereocenters. The first-order valence-corrected chi connectivity index (χ1v) is 3.23. The molecule has 8 N–H and O–H groups in total. The second kappa shape index (κ2) is 10.6. The van der Waals surface area contributed by atoms with Crippen LogP contribution >= 0.6 is 0 Å². The summed E-state index contributed by atoms with van der Waals surface area (Å²) >= 11 is 0. The number of carbonyl (C=O) groups excluding carboxylic acids is 4. The van der Waals surface area contributed by atoms with Crippen LogP contribution in [0.5, 0.6) is 0 Å². The smallest absolute Gasteiger partial charge is 0.564 e. The molecule has 0 fully saturated rings. The molecule has 0 saturated carbocycles. The van der Waals surface area contributed by atoms with Crippen molar-refractivity contribution in [1.82, 2.24) is 0 Å². The van der Waals surface area contributed by atoms with Crippen molar-refractivity contribution in [3.63, 3.8) is 0 Å². The van der Waals surface area contributed by atoms with Crippen LogP contribution in [0.1, 0.15) is 12.8 Å². The second-order valence-electron chi connectivity index (χ2n) is 2.05. The van der Waals surface area contributed by atoms with Gasteiger partial charge < -0.3 is 20.4 Å². The quantitative estimate of drug-likeness (QED) is 0.292. The molecule has 0 aromatic heterocycles. The van der Waals surface area contributed by atoms with Crippen LogP contribution in [-0.2, 0) is 39.6 Å². The van der Waals surface area contributed by atoms with E-state index in [-0.39, 0.29) is 20.4 Å². The Morgan fingerprint density at radius 1 is 0.600 bits per heavy atom. The molecule has 0 radical (unpaired) electrons. The molecule has 88 valence electrons. The van der Waals surface area contributed by atoms with Crippen LogP contribution < -0.4 is 0 Å². The normalized spacial score (nSPS) is 7.47. The Morgan fingerprint density at radius 2 is 0.733 bits per heavy atom. The van der Waals surface area contributed by atoms with Crippen LogP contribution in [-0.4, -0.2) is 44.3 Å². The first kappa shape index (κ1) is 19.2. The van der Waals surface area contributed by atoms with Crippen molar-refractivity contribution in [2.45, 2.75) is 12.8 Å². The van der Waals surface area contributed by atoms with Crippen molar-refractivity contribution >= 4 is 23.9 Å². The Bertz CT molecular complexity index is 198. The van der Waals surface area contributed by atoms with E-state index >= 15 is 0 Å². The maximum Gasteiger partial charge on any atom is 2.00 e. The predicted octanol–water partition coefficient (Wildman–Crippen LogP) is -4.24. The summed E-state index contributed by atoms with van der Waals surface area (Å²) in [7, 11) is 0. The Labute approximate surface area is 97.2 Å². The van der Waals surface area contributed by atoms with Crippen LogP contribution in [0.25, 0.3) is 0 Å². The molecule has 0 saturated heterocycles. The topological polar surface area (TPSA) is 160 Å². The third-order valence-corrected chi connectivity index (χ3v) is 0.642. The number of rotatable bonds is 4. The molecule has 0 aromatic carbocycles. The molecule has 0 aliphatic rings. The van der Waals surface area contributed by atoms with Gasteiger partial charge in [0.2, 0.25) is 0 Å². The van der Waals surface area contributed by atoms with Crippen molar-refractivity contribution in [1.29, 1.82) is 0 Å². The van der Waals surface area contributed by atoms with Crippen LogP contribution in [0.3, 0.4) is 0 Å². The van der Waals surface area contributed by atoms with E-state index in [1.807, 2.05) is 0 Å². The van der Waals surface area contributed by atoms with E-state index in [4.69, 9.17) is 20.4 Å². The van der Waals surface area contributed by atoms with Gasteiger partial charge in [0.1, 0.15) is 0 Å². The maximum absolute atomic E-state index is 9.58. The summed E-state index contributed by atoms with van der Waals surface area (Å²) in [6, 6.07) is 0. The largest absolute Gasteiger partial charge is 2.00 e. The maximum atomic E-state index is 9.58. The third kappa shape index (κ3) is 32.6. The van der Waals surface area contributed by atoms with Crippen LogP contribution in [0.4, 0.5) is 0 Å². The predicted molar refractivity (Wildman–Crippen MR) is 43.7 cm³/mol. The van der Waals surface area contributed by atoms with Crippen molar-refractivity contribution in [3.8, 4) is 0 Å². The van der Waals surface area contributed by atoms with Gasteiger partial charge in [-0.25, -0.2) is 0 Å². The van der Waals surface area contributed by atoms with Crippen LogP contribution in [0, 0.1) is 0 Å². The number of hydrogen-bond acceptors (Lipinski definition) is 4. The zero-order valence-corrected chi connectivity index (χ0v) is 8.92. The summed E-state index contributed by atoms with van der Waals surface area (Å²) < 4.78 is 0. The summed E-state index contributed by atoms with van der Waals surface area (Å²) in [5.41, 5.74) is 0. The van der Waals surface area contributed by atoms with Crippen molar-refractivity contribution < 1.29 is 60.0 Å². The van der Waals surface area contributed by atoms with Crippen molar-refractivity contribution in [2.75, 3.05) is 0 Å². The van der Waals surface area contributed by atoms with Gasteiger partial charge in [0.25, 0.3) is 12.8 Å². The molecule has 0 rings (SSSR count). The molecule has 0 heterocycles. The molecule has 0 bridgehead atoms. The molecular weight excluding hydrogens is 306 g/mol. The molecule has 0 aliphatic carbocycles. The van der Waals surface area contributed by atoms with Gasteiger partial charge in [0.15, 0.2) is 0 Å². The molecule has 9 heteroatoms. The Morgan fingerprint density at radius 3 is 0.733 bits per heavy atom. The fourth-order valence-electron chi connectivity index (χ4n) is 0.292. The minimum atomic E-state index is -1.00. The molecular formula is C6H12O8Pd+6. The summed E-state index contributed by atoms with van der Waals surface area (Å²) in [4.78, 5) is 38.3. The summed E-state index contributed by atoms with van der Waals surface area (Å²) in [5, 5.41) is 24.5. The average Bonchev–Trinajstić information content (AvgIpc) is 1.79. The standard InChI is InChI=1S/2C3H4O4.Pd/c2*4-2(5)1-3(6)7;/h2*1H2,(H,4,5)(H,6,7);/q;;+2/p+4. The van der Waals surface area contributed by atoms with Crippen molar-refractivity contribution in [2.24, 2.45) is 0 Å². The van der Waals surface area contributed by atoms with Gasteiger partial charge in [-0.2, -0.15) is 0 Å². The van der Waals surface area contributed by atoms with E-state index in [1.54, 1.807) is 0 Å². The molecule has 0 spiro atoms. The van der Waals surface area contributed by atoms with E-state index in [9.17, 15) is 19.2 Å². The third-order valence-electron chi connectivity index (χ3n) is 0.642. The van der Waals surface area contributed by atoms with E-state index in [1.165, 1.54) is 0 Å². The van der Waals surface area contributed by atoms with E-state index in [2.05, 4.69) is 0 Å². The van der Waals surface area contributed by atoms with Gasteiger partial charge in [0.05, 0.1) is 0 Å². The average molecular weight is 319 g/mol. The zero-order chi connectivity index (χ0) is 11.7. The van der Waals surface area contributed by atoms with Gasteiger partial charge in [-0.3, -0.25) is 0 Å². The van der Waals surface area contributed by atoms with Gasteiger partial charge >= 0.3 is 44.3 Å². The Hall–Kier alpha value is -1.46. The number of carbonyl (C=O) groups is 4. The van der Waals surface area contributed by atoms with Crippen LogP contribution in [0.2, 0.25) is 0 Å². The fourth-order valence-corrected chi connectivity index (χ4v) is 0.292. The van der Waals surface area contributed by atoms with Gasteiger partial charge in [-0.05, 0) is 0 Å². The minimum Gasteiger partial charge on any atom is -0.564 e. The summed E-state index contributed by atoms with van der Waals surface area (Å²) in [5.74, 6) is -4.00. The first-order valence-electron chi connectivity index (χ1n) is 3.23. The SMILES string of the molecule is O=C([OH2+])CC(=O)[OH2+].O=C([OH2+])CC(=O)[OH2+].[Pd+2]. The van der Waals surface area contributed by atoms with Crippen molar-refractivity contribution in [3.05, 3.63) is 0 Å². The first-order chi connectivity index (χ1) is 6.25. The minimum absolute atomic E-state index is 0. The van der Waals surface area contributed by atoms with Gasteiger partial charge in [-0.1, -0.05) is 0 Å². The van der Waals surface area contributed by atoms with Crippen LogP contribution in [0.15, 0.2) is 0 Å². The summed E-state index contributed by atoms with van der Waals surface area (Å²) in [6.07, 6.45) is -1.17. The molecule has 0 amide bonds. The Kier molecular flexibility index (Phi) is 13.6. The molecule has 0 aliphatic heterocycles. The van der Waals surface area contributed by atoms with E-state index in [0.29, 0.717) is 0 Å². The monoisotopic (exact) mass is 318 g/mol. The number of hydrogen-bond donors (Lipinski definition) is 0. The van der Waals surface area contributed by atoms with Gasteiger partial charge in [-0.15, -0.1) is 0 Å². The summed E-state index contributed by atoms with van der Waals surface area (Å²) in [6.45, 7) is 0. The molecule has 0 aromatic rings. The Balaban J connectivity index is -0.000000180. The molecule has 15 heavy (non-hydrogen) atoms. The molecule has 8 nitrogen and oxygen atoms in total. The van der Waals surface area contributed by atoms with E-state index in [0.717, 1.165) is 0 Å². The molecule has 0 unspecified atom stereocenters. The van der Waals surface area contributed by atoms with Gasteiger partial charge in [0, 0.05) is 19.2 Å². The fraction of sp³-hybridized carbons (Fsp3) is 0.333. The zero-order valence-electron chi connectivity index (χ0n) is 7.36. The second-order valence-corrected chi connectivity index (χ2v) is 2.05.